The molecule has 0 aliphatic carbocycles. The van der Waals surface area contributed by atoms with Crippen molar-refractivity contribution in [3.8, 4) is 0 Å². The van der Waals surface area contributed by atoms with Gasteiger partial charge in [-0.15, -0.1) is 0 Å². The highest BCUT2D eigenvalue weighted by molar-refractivity contribution is 5.97. The number of carbonyl (C=O) groups excluding carboxylic acids is 2. The van der Waals surface area contributed by atoms with Crippen LogP contribution in [-0.2, 0) is 4.79 Å². The zero-order valence-corrected chi connectivity index (χ0v) is 11.6. The van der Waals surface area contributed by atoms with Crippen molar-refractivity contribution in [2.75, 3.05) is 26.0 Å². The summed E-state index contributed by atoms with van der Waals surface area (Å²) >= 11 is 0. The first-order valence-electron chi connectivity index (χ1n) is 6.28. The molecule has 0 aromatic heterocycles. The number of nitrogens with zero attached hydrogens (tertiary/aromatic N) is 1. The molecule has 5 nitrogen and oxygen atoms in total. The van der Waals surface area contributed by atoms with E-state index in [9.17, 15) is 9.59 Å². The molecule has 0 radical (unpaired) electrons. The Hall–Kier alpha value is -1.88. The largest absolute Gasteiger partial charge is 0.345 e. The first-order chi connectivity index (χ1) is 8.95. The number of hydrogen-bond acceptors (Lipinski definition) is 3. The fraction of sp³-hybridized carbons (Fsp3) is 0.429. The van der Waals surface area contributed by atoms with Gasteiger partial charge in [0, 0.05) is 31.3 Å². The molecule has 1 rings (SSSR count). The van der Waals surface area contributed by atoms with Gasteiger partial charge in [-0.25, -0.2) is 0 Å². The molecule has 0 spiro atoms. The molecule has 1 unspecified atom stereocenters. The first kappa shape index (κ1) is 15.2. The van der Waals surface area contributed by atoms with Crippen LogP contribution in [0.4, 0.5) is 5.69 Å². The molecule has 5 heteroatoms. The maximum absolute atomic E-state index is 11.9. The molecule has 104 valence electrons. The van der Waals surface area contributed by atoms with Crippen LogP contribution in [0.3, 0.4) is 0 Å². The Kier molecular flexibility index (Phi) is 5.51. The van der Waals surface area contributed by atoms with Gasteiger partial charge in [-0.1, -0.05) is 13.0 Å². The van der Waals surface area contributed by atoms with Gasteiger partial charge in [0.05, 0.1) is 0 Å². The average Bonchev–Trinajstić information content (AvgIpc) is 2.38. The first-order valence-corrected chi connectivity index (χ1v) is 6.28. The van der Waals surface area contributed by atoms with Crippen molar-refractivity contribution in [1.29, 1.82) is 0 Å². The van der Waals surface area contributed by atoms with Gasteiger partial charge in [0.25, 0.3) is 5.91 Å². The number of rotatable bonds is 5. The molecule has 0 bridgehead atoms. The quantitative estimate of drug-likeness (QED) is 0.841. The van der Waals surface area contributed by atoms with Crippen molar-refractivity contribution >= 4 is 17.5 Å². The second kappa shape index (κ2) is 6.89. The highest BCUT2D eigenvalue weighted by atomic mass is 16.2. The minimum atomic E-state index is -0.141. The zero-order valence-electron chi connectivity index (χ0n) is 11.6. The van der Waals surface area contributed by atoms with Crippen LogP contribution in [0.5, 0.6) is 0 Å². The highest BCUT2D eigenvalue weighted by Gasteiger charge is 2.13. The van der Waals surface area contributed by atoms with Crippen LogP contribution in [0, 0.1) is 5.92 Å². The monoisotopic (exact) mass is 263 g/mol. The summed E-state index contributed by atoms with van der Waals surface area (Å²) in [5.74, 6) is -0.316. The summed E-state index contributed by atoms with van der Waals surface area (Å²) < 4.78 is 0. The maximum Gasteiger partial charge on any atom is 0.253 e. The molecular weight excluding hydrogens is 242 g/mol. The molecule has 0 aliphatic rings. The zero-order chi connectivity index (χ0) is 14.4. The lowest BCUT2D eigenvalue weighted by Crippen LogP contribution is -2.24. The molecule has 1 aromatic carbocycles. The van der Waals surface area contributed by atoms with Crippen LogP contribution < -0.4 is 11.1 Å². The van der Waals surface area contributed by atoms with E-state index < -0.39 is 0 Å². The summed E-state index contributed by atoms with van der Waals surface area (Å²) in [6, 6.07) is 6.91. The lowest BCUT2D eigenvalue weighted by Gasteiger charge is -2.13. The van der Waals surface area contributed by atoms with Crippen molar-refractivity contribution in [1.82, 2.24) is 4.90 Å². The van der Waals surface area contributed by atoms with Crippen LogP contribution in [0.2, 0.25) is 0 Å². The minimum Gasteiger partial charge on any atom is -0.345 e. The van der Waals surface area contributed by atoms with Crippen LogP contribution >= 0.6 is 0 Å². The molecule has 19 heavy (non-hydrogen) atoms. The van der Waals surface area contributed by atoms with Gasteiger partial charge in [-0.3, -0.25) is 9.59 Å². The summed E-state index contributed by atoms with van der Waals surface area (Å²) in [5, 5.41) is 2.80. The minimum absolute atomic E-state index is 0.0834. The van der Waals surface area contributed by atoms with Crippen molar-refractivity contribution in [2.24, 2.45) is 11.7 Å². The molecule has 0 heterocycles. The van der Waals surface area contributed by atoms with E-state index in [-0.39, 0.29) is 17.7 Å². The van der Waals surface area contributed by atoms with E-state index in [4.69, 9.17) is 5.73 Å². The van der Waals surface area contributed by atoms with Crippen molar-refractivity contribution in [3.05, 3.63) is 29.8 Å². The molecule has 1 aromatic rings. The second-order valence-electron chi connectivity index (χ2n) is 4.75. The standard InChI is InChI=1S/C14H21N3O2/c1-10(7-8-15)13(18)16-12-6-4-5-11(9-12)14(19)17(2)3/h4-6,9-10H,7-8,15H2,1-3H3,(H,16,18). The Bertz CT molecular complexity index is 458. The summed E-state index contributed by atoms with van der Waals surface area (Å²) in [6.45, 7) is 2.31. The molecule has 2 amide bonds. The van der Waals surface area contributed by atoms with Crippen molar-refractivity contribution in [2.45, 2.75) is 13.3 Å². The SMILES string of the molecule is CC(CCN)C(=O)Nc1cccc(C(=O)N(C)C)c1. The van der Waals surface area contributed by atoms with Crippen molar-refractivity contribution < 1.29 is 9.59 Å². The lowest BCUT2D eigenvalue weighted by molar-refractivity contribution is -0.119. The molecule has 1 atom stereocenters. The van der Waals surface area contributed by atoms with E-state index in [0.29, 0.717) is 24.2 Å². The number of amides is 2. The smallest absolute Gasteiger partial charge is 0.253 e. The Balaban J connectivity index is 2.77. The molecular formula is C14H21N3O2. The van der Waals surface area contributed by atoms with Crippen LogP contribution in [0.15, 0.2) is 24.3 Å². The number of anilines is 1. The Morgan fingerprint density at radius 2 is 2.05 bits per heavy atom. The highest BCUT2D eigenvalue weighted by Crippen LogP contribution is 2.14. The van der Waals surface area contributed by atoms with Crippen molar-refractivity contribution in [3.63, 3.8) is 0 Å². The van der Waals surface area contributed by atoms with E-state index in [1.165, 1.54) is 4.90 Å². The third kappa shape index (κ3) is 4.37. The summed E-state index contributed by atoms with van der Waals surface area (Å²) in [7, 11) is 3.38. The molecule has 0 aliphatic heterocycles. The van der Waals surface area contributed by atoms with Gasteiger partial charge < -0.3 is 16.0 Å². The Morgan fingerprint density at radius 3 is 2.63 bits per heavy atom. The van der Waals surface area contributed by atoms with Gasteiger partial charge in [0.2, 0.25) is 5.91 Å². The Labute approximate surface area is 113 Å². The number of hydrogen-bond donors (Lipinski definition) is 2. The van der Waals surface area contributed by atoms with Gasteiger partial charge in [0.15, 0.2) is 0 Å². The number of nitrogens with one attached hydrogen (secondary N) is 1. The fourth-order valence-corrected chi connectivity index (χ4v) is 1.63. The molecule has 0 saturated carbocycles. The number of carbonyl (C=O) groups is 2. The predicted molar refractivity (Wildman–Crippen MR) is 75.9 cm³/mol. The van der Waals surface area contributed by atoms with E-state index in [1.807, 2.05) is 6.92 Å². The Morgan fingerprint density at radius 1 is 1.37 bits per heavy atom. The second-order valence-corrected chi connectivity index (χ2v) is 4.75. The van der Waals surface area contributed by atoms with Gasteiger partial charge in [-0.2, -0.15) is 0 Å². The lowest BCUT2D eigenvalue weighted by atomic mass is 10.1. The van der Waals surface area contributed by atoms with Crippen LogP contribution in [0.1, 0.15) is 23.7 Å². The summed E-state index contributed by atoms with van der Waals surface area (Å²) in [6.07, 6.45) is 0.641. The van der Waals surface area contributed by atoms with E-state index in [2.05, 4.69) is 5.32 Å². The topological polar surface area (TPSA) is 75.4 Å². The third-order valence-corrected chi connectivity index (χ3v) is 2.83. The van der Waals surface area contributed by atoms with Crippen LogP contribution in [0.25, 0.3) is 0 Å². The van der Waals surface area contributed by atoms with E-state index in [1.54, 1.807) is 38.4 Å². The maximum atomic E-state index is 11.9. The fourth-order valence-electron chi connectivity index (χ4n) is 1.63. The number of nitrogens with two attached hydrogens (primary N) is 1. The number of benzene rings is 1. The van der Waals surface area contributed by atoms with Gasteiger partial charge in [-0.05, 0) is 31.2 Å². The molecule has 0 fully saturated rings. The van der Waals surface area contributed by atoms with Gasteiger partial charge >= 0.3 is 0 Å². The summed E-state index contributed by atoms with van der Waals surface area (Å²) in [5.41, 5.74) is 6.60. The normalized spacial score (nSPS) is 11.8. The van der Waals surface area contributed by atoms with Crippen LogP contribution in [-0.4, -0.2) is 37.4 Å². The molecule has 3 N–H and O–H groups in total. The van der Waals surface area contributed by atoms with Gasteiger partial charge in [0.1, 0.15) is 0 Å². The van der Waals surface area contributed by atoms with E-state index in [0.717, 1.165) is 0 Å². The van der Waals surface area contributed by atoms with E-state index >= 15 is 0 Å². The third-order valence-electron chi connectivity index (χ3n) is 2.83. The summed E-state index contributed by atoms with van der Waals surface area (Å²) in [4.78, 5) is 25.2. The average molecular weight is 263 g/mol. The predicted octanol–water partition coefficient (Wildman–Crippen LogP) is 1.31. The molecule has 0 saturated heterocycles.